The van der Waals surface area contributed by atoms with E-state index in [0.29, 0.717) is 40.7 Å². The topological polar surface area (TPSA) is 65.2 Å². The summed E-state index contributed by atoms with van der Waals surface area (Å²) in [7, 11) is 3.80. The highest BCUT2D eigenvalue weighted by Crippen LogP contribution is 2.33. The van der Waals surface area contributed by atoms with E-state index in [1.807, 2.05) is 50.3 Å². The molecule has 170 valence electrons. The third kappa shape index (κ3) is 3.82. The number of carbonyl (C=O) groups is 1. The SMILES string of the molecule is Bc1cccc(-c2cccc(C(=O)N(C)C3CNCc4[nH]c(=O)c5cc(C)c(F)cc5c43)c2)c1. The summed E-state index contributed by atoms with van der Waals surface area (Å²) in [6.07, 6.45) is 0. The summed E-state index contributed by atoms with van der Waals surface area (Å²) in [5.41, 5.74) is 5.39. The fourth-order valence-electron chi connectivity index (χ4n) is 4.81. The molecule has 0 radical (unpaired) electrons. The van der Waals surface area contributed by atoms with Crippen LogP contribution in [0.1, 0.15) is 33.2 Å². The first kappa shape index (κ1) is 22.1. The maximum atomic E-state index is 14.5. The van der Waals surface area contributed by atoms with Gasteiger partial charge in [0.05, 0.1) is 6.04 Å². The second-order valence-electron chi connectivity index (χ2n) is 9.01. The van der Waals surface area contributed by atoms with Crippen molar-refractivity contribution in [2.45, 2.75) is 19.5 Å². The quantitative estimate of drug-likeness (QED) is 0.469. The average molecular weight is 453 g/mol. The standard InChI is InChI=1S/C27H25BFN3O2/c1-15-9-21-20(12-22(15)29)25-23(31-26(21)33)13-30-14-24(25)32(2)27(34)18-7-3-5-16(10-18)17-6-4-8-19(28)11-17/h3-12,24,30H,13-14,28H2,1-2H3,(H,31,33). The third-order valence-electron chi connectivity index (χ3n) is 6.64. The van der Waals surface area contributed by atoms with Gasteiger partial charge in [0.25, 0.3) is 11.5 Å². The summed E-state index contributed by atoms with van der Waals surface area (Å²) < 4.78 is 14.5. The summed E-state index contributed by atoms with van der Waals surface area (Å²) >= 11 is 0. The number of halogens is 1. The molecule has 5 nitrogen and oxygen atoms in total. The Bertz CT molecular complexity index is 1500. The Balaban J connectivity index is 1.56. The predicted octanol–water partition coefficient (Wildman–Crippen LogP) is 2.82. The van der Waals surface area contributed by atoms with Gasteiger partial charge in [-0.25, -0.2) is 4.39 Å². The van der Waals surface area contributed by atoms with Crippen LogP contribution in [-0.4, -0.2) is 37.2 Å². The number of nitrogens with one attached hydrogen (secondary N) is 2. The Labute approximate surface area is 198 Å². The summed E-state index contributed by atoms with van der Waals surface area (Å²) in [4.78, 5) is 30.9. The number of aromatic amines is 1. The Morgan fingerprint density at radius 2 is 1.79 bits per heavy atom. The number of H-pyrrole nitrogens is 1. The van der Waals surface area contributed by atoms with E-state index in [2.05, 4.69) is 16.4 Å². The maximum Gasteiger partial charge on any atom is 0.256 e. The molecule has 0 saturated carbocycles. The summed E-state index contributed by atoms with van der Waals surface area (Å²) in [6.45, 7) is 2.60. The van der Waals surface area contributed by atoms with Crippen molar-refractivity contribution in [1.82, 2.24) is 15.2 Å². The monoisotopic (exact) mass is 453 g/mol. The summed E-state index contributed by atoms with van der Waals surface area (Å²) in [5.74, 6) is -0.501. The van der Waals surface area contributed by atoms with Crippen LogP contribution in [0.2, 0.25) is 0 Å². The molecule has 1 amide bonds. The van der Waals surface area contributed by atoms with Crippen molar-refractivity contribution in [3.63, 3.8) is 0 Å². The molecule has 0 saturated heterocycles. The van der Waals surface area contributed by atoms with E-state index in [1.165, 1.54) is 6.07 Å². The van der Waals surface area contributed by atoms with Crippen molar-refractivity contribution in [3.8, 4) is 11.1 Å². The minimum absolute atomic E-state index is 0.138. The molecule has 0 fully saturated rings. The largest absolute Gasteiger partial charge is 0.333 e. The number of rotatable bonds is 3. The average Bonchev–Trinajstić information content (AvgIpc) is 2.84. The molecule has 4 aromatic rings. The van der Waals surface area contributed by atoms with Gasteiger partial charge in [-0.15, -0.1) is 0 Å². The highest BCUT2D eigenvalue weighted by molar-refractivity contribution is 6.32. The predicted molar refractivity (Wildman–Crippen MR) is 136 cm³/mol. The van der Waals surface area contributed by atoms with Crippen molar-refractivity contribution in [1.29, 1.82) is 0 Å². The van der Waals surface area contributed by atoms with Gasteiger partial charge in [0.2, 0.25) is 0 Å². The molecule has 0 aliphatic carbocycles. The number of carbonyl (C=O) groups excluding carboxylic acids is 1. The van der Waals surface area contributed by atoms with Crippen LogP contribution in [-0.2, 0) is 6.54 Å². The van der Waals surface area contributed by atoms with E-state index in [9.17, 15) is 14.0 Å². The number of hydrogen-bond acceptors (Lipinski definition) is 3. The number of nitrogens with zero attached hydrogens (tertiary/aromatic N) is 1. The molecule has 0 spiro atoms. The lowest BCUT2D eigenvalue weighted by Gasteiger charge is -2.34. The maximum absolute atomic E-state index is 14.5. The zero-order valence-corrected chi connectivity index (χ0v) is 19.4. The van der Waals surface area contributed by atoms with Crippen LogP contribution in [0.3, 0.4) is 0 Å². The zero-order chi connectivity index (χ0) is 24.0. The van der Waals surface area contributed by atoms with Gasteiger partial charge in [0, 0.05) is 42.3 Å². The van der Waals surface area contributed by atoms with Gasteiger partial charge in [-0.3, -0.25) is 9.59 Å². The Morgan fingerprint density at radius 1 is 1.06 bits per heavy atom. The number of benzene rings is 3. The molecule has 5 rings (SSSR count). The van der Waals surface area contributed by atoms with E-state index in [-0.39, 0.29) is 23.3 Å². The fraction of sp³-hybridized carbons (Fsp3) is 0.185. The molecular weight excluding hydrogens is 428 g/mol. The highest BCUT2D eigenvalue weighted by atomic mass is 19.1. The van der Waals surface area contributed by atoms with Gasteiger partial charge in [0.15, 0.2) is 0 Å². The Hall–Kier alpha value is -3.71. The molecule has 2 heterocycles. The molecule has 1 atom stereocenters. The van der Waals surface area contributed by atoms with Crippen LogP contribution in [0.25, 0.3) is 21.9 Å². The lowest BCUT2D eigenvalue weighted by Crippen LogP contribution is -2.42. The number of fused-ring (bicyclic) bond motifs is 3. The van der Waals surface area contributed by atoms with E-state index in [1.54, 1.807) is 24.9 Å². The van der Waals surface area contributed by atoms with Crippen LogP contribution in [0.5, 0.6) is 0 Å². The zero-order valence-electron chi connectivity index (χ0n) is 19.4. The molecule has 1 unspecified atom stereocenters. The molecule has 3 aromatic carbocycles. The molecule has 1 aromatic heterocycles. The van der Waals surface area contributed by atoms with Gasteiger partial charge in [-0.1, -0.05) is 41.9 Å². The second kappa shape index (κ2) is 8.58. The minimum atomic E-state index is -0.364. The van der Waals surface area contributed by atoms with E-state index >= 15 is 0 Å². The smallest absolute Gasteiger partial charge is 0.256 e. The van der Waals surface area contributed by atoms with Crippen LogP contribution in [0, 0.1) is 12.7 Å². The first-order valence-corrected chi connectivity index (χ1v) is 11.3. The molecule has 2 N–H and O–H groups in total. The lowest BCUT2D eigenvalue weighted by molar-refractivity contribution is 0.0723. The first-order valence-electron chi connectivity index (χ1n) is 11.3. The van der Waals surface area contributed by atoms with Gasteiger partial charge >= 0.3 is 0 Å². The Kier molecular flexibility index (Phi) is 5.58. The normalized spacial score (nSPS) is 15.2. The summed E-state index contributed by atoms with van der Waals surface area (Å²) in [6, 6.07) is 18.4. The fourth-order valence-corrected chi connectivity index (χ4v) is 4.81. The van der Waals surface area contributed by atoms with Gasteiger partial charge in [-0.05, 0) is 53.3 Å². The first-order chi connectivity index (χ1) is 16.3. The van der Waals surface area contributed by atoms with Crippen LogP contribution in [0.4, 0.5) is 4.39 Å². The third-order valence-corrected chi connectivity index (χ3v) is 6.64. The van der Waals surface area contributed by atoms with Crippen molar-refractivity contribution in [2.75, 3.05) is 13.6 Å². The van der Waals surface area contributed by atoms with E-state index < -0.39 is 0 Å². The van der Waals surface area contributed by atoms with Crippen LogP contribution < -0.4 is 16.3 Å². The molecular formula is C27H25BFN3O2. The molecule has 1 aliphatic rings. The lowest BCUT2D eigenvalue weighted by atomic mass is 9.91. The number of aryl methyl sites for hydroxylation is 1. The molecule has 7 heteroatoms. The highest BCUT2D eigenvalue weighted by Gasteiger charge is 2.30. The van der Waals surface area contributed by atoms with Crippen molar-refractivity contribution >= 4 is 30.0 Å². The summed E-state index contributed by atoms with van der Waals surface area (Å²) in [5, 5.41) is 4.28. The number of pyridine rings is 1. The number of hydrogen-bond donors (Lipinski definition) is 2. The van der Waals surface area contributed by atoms with Gasteiger partial charge < -0.3 is 15.2 Å². The van der Waals surface area contributed by atoms with Crippen LogP contribution >= 0.6 is 0 Å². The number of aromatic nitrogens is 1. The van der Waals surface area contributed by atoms with Crippen molar-refractivity contribution < 1.29 is 9.18 Å². The number of likely N-dealkylation sites (N-methyl/N-ethyl adjacent to an activating group) is 1. The van der Waals surface area contributed by atoms with Crippen LogP contribution in [0.15, 0.2) is 65.5 Å². The van der Waals surface area contributed by atoms with E-state index in [4.69, 9.17) is 0 Å². The molecule has 1 aliphatic heterocycles. The Morgan fingerprint density at radius 3 is 2.56 bits per heavy atom. The number of amides is 1. The molecule has 34 heavy (non-hydrogen) atoms. The van der Waals surface area contributed by atoms with Gasteiger partial charge in [0.1, 0.15) is 13.7 Å². The van der Waals surface area contributed by atoms with Gasteiger partial charge in [-0.2, -0.15) is 0 Å². The van der Waals surface area contributed by atoms with E-state index in [0.717, 1.165) is 22.2 Å². The second-order valence-corrected chi connectivity index (χ2v) is 9.01. The minimum Gasteiger partial charge on any atom is -0.333 e. The van der Waals surface area contributed by atoms with Crippen molar-refractivity contribution in [2.24, 2.45) is 0 Å². The molecule has 0 bridgehead atoms. The van der Waals surface area contributed by atoms with Crippen molar-refractivity contribution in [3.05, 3.63) is 99.2 Å².